The van der Waals surface area contributed by atoms with Gasteiger partial charge in [-0.25, -0.2) is 4.79 Å². The number of amides is 2. The van der Waals surface area contributed by atoms with E-state index < -0.39 is 12.2 Å². The number of anilines is 3. The molecule has 1 atom stereocenters. The molecule has 0 spiro atoms. The fraction of sp³-hybridized carbons (Fsp3) is 0.185. The van der Waals surface area contributed by atoms with Crippen LogP contribution in [0.4, 0.5) is 21.9 Å². The number of allylic oxidation sites excluding steroid dienone is 1. The lowest BCUT2D eigenvalue weighted by atomic mass is 10.0. The Hall–Kier alpha value is -4.18. The highest BCUT2D eigenvalue weighted by Gasteiger charge is 2.21. The summed E-state index contributed by atoms with van der Waals surface area (Å²) < 4.78 is 17.1. The molecule has 9 nitrogen and oxygen atoms in total. The molecule has 1 heterocycles. The number of nitrogens with two attached hydrogens (primary N) is 1. The lowest BCUT2D eigenvalue weighted by Crippen LogP contribution is -2.18. The first-order chi connectivity index (χ1) is 17.9. The van der Waals surface area contributed by atoms with Crippen molar-refractivity contribution in [3.63, 3.8) is 0 Å². The number of hydrogen-bond donors (Lipinski definition) is 4. The predicted octanol–water partition coefficient (Wildman–Crippen LogP) is 6.12. The molecule has 2 amide bonds. The second-order valence-corrected chi connectivity index (χ2v) is 9.12. The molecule has 3 aromatic carbocycles. The molecule has 192 valence electrons. The molecular formula is C27H26BrN3O6. The van der Waals surface area contributed by atoms with Crippen LogP contribution < -0.4 is 25.8 Å². The van der Waals surface area contributed by atoms with Crippen LogP contribution in [0.15, 0.2) is 77.3 Å². The van der Waals surface area contributed by atoms with Crippen molar-refractivity contribution in [2.75, 3.05) is 23.2 Å². The lowest BCUT2D eigenvalue weighted by Gasteiger charge is -2.20. The number of benzene rings is 3. The van der Waals surface area contributed by atoms with Crippen LogP contribution in [-0.4, -0.2) is 23.9 Å². The molecule has 0 bridgehead atoms. The zero-order valence-electron chi connectivity index (χ0n) is 19.8. The van der Waals surface area contributed by atoms with Crippen LogP contribution in [0.2, 0.25) is 0 Å². The standard InChI is InChI=1S/C27H26BrN3O6/c28-17-10-12-22(32)19(14-17)23(37-27(34)30-18-11-13-24-25(15-18)36-16-35-24)8-2-1-3-9-26(33)31-21-7-5-4-6-20(21)29/h3-7,9-15,23,32H,1-2,8,16,29H2,(H,30,34)(H,31,33)/b9-3+/t23-/m1/s1. The first-order valence-electron chi connectivity index (χ1n) is 11.6. The molecule has 0 radical (unpaired) electrons. The van der Waals surface area contributed by atoms with Gasteiger partial charge in [-0.3, -0.25) is 10.1 Å². The number of carbonyl (C=O) groups is 2. The van der Waals surface area contributed by atoms with Gasteiger partial charge < -0.3 is 30.4 Å². The van der Waals surface area contributed by atoms with Gasteiger partial charge in [0, 0.05) is 21.8 Å². The summed E-state index contributed by atoms with van der Waals surface area (Å²) in [6.45, 7) is 0.129. The Morgan fingerprint density at radius 1 is 1.08 bits per heavy atom. The fourth-order valence-corrected chi connectivity index (χ4v) is 4.09. The summed E-state index contributed by atoms with van der Waals surface area (Å²) in [5.74, 6) is 0.854. The van der Waals surface area contributed by atoms with Crippen molar-refractivity contribution in [3.8, 4) is 17.2 Å². The quantitative estimate of drug-likeness (QED) is 0.139. The fourth-order valence-electron chi connectivity index (χ4n) is 3.71. The van der Waals surface area contributed by atoms with E-state index in [1.807, 2.05) is 0 Å². The molecule has 0 saturated carbocycles. The van der Waals surface area contributed by atoms with Gasteiger partial charge in [-0.05, 0) is 67.8 Å². The van der Waals surface area contributed by atoms with Crippen molar-refractivity contribution >= 4 is 45.0 Å². The Labute approximate surface area is 222 Å². The molecular weight excluding hydrogens is 542 g/mol. The molecule has 5 N–H and O–H groups in total. The zero-order chi connectivity index (χ0) is 26.2. The summed E-state index contributed by atoms with van der Waals surface area (Å²) in [5.41, 5.74) is 7.83. The number of para-hydroxylation sites is 2. The largest absolute Gasteiger partial charge is 0.508 e. The highest BCUT2D eigenvalue weighted by Crippen LogP contribution is 2.36. The maximum absolute atomic E-state index is 12.7. The van der Waals surface area contributed by atoms with Crippen molar-refractivity contribution in [3.05, 3.63) is 82.9 Å². The Balaban J connectivity index is 1.35. The highest BCUT2D eigenvalue weighted by molar-refractivity contribution is 9.10. The third-order valence-corrected chi connectivity index (χ3v) is 6.02. The summed E-state index contributed by atoms with van der Waals surface area (Å²) in [7, 11) is 0. The van der Waals surface area contributed by atoms with Crippen molar-refractivity contribution in [1.82, 2.24) is 0 Å². The van der Waals surface area contributed by atoms with Crippen LogP contribution in [0.25, 0.3) is 0 Å². The van der Waals surface area contributed by atoms with Crippen LogP contribution in [0.3, 0.4) is 0 Å². The first kappa shape index (κ1) is 25.9. The number of phenols is 1. The second kappa shape index (κ2) is 12.2. The molecule has 3 aromatic rings. The van der Waals surface area contributed by atoms with Gasteiger partial charge in [-0.1, -0.05) is 34.1 Å². The number of phenolic OH excluding ortho intramolecular Hbond substituents is 1. The average Bonchev–Trinajstić information content (AvgIpc) is 3.34. The lowest BCUT2D eigenvalue weighted by molar-refractivity contribution is -0.111. The van der Waals surface area contributed by atoms with Gasteiger partial charge in [0.15, 0.2) is 11.5 Å². The summed E-state index contributed by atoms with van der Waals surface area (Å²) >= 11 is 3.40. The molecule has 0 saturated heterocycles. The van der Waals surface area contributed by atoms with Gasteiger partial charge in [-0.2, -0.15) is 0 Å². The van der Waals surface area contributed by atoms with Gasteiger partial charge >= 0.3 is 6.09 Å². The minimum absolute atomic E-state index is 0.0134. The van der Waals surface area contributed by atoms with Crippen LogP contribution in [0, 0.1) is 0 Å². The molecule has 1 aliphatic rings. The number of aromatic hydroxyl groups is 1. The molecule has 4 rings (SSSR count). The van der Waals surface area contributed by atoms with E-state index in [1.54, 1.807) is 60.7 Å². The average molecular weight is 568 g/mol. The maximum atomic E-state index is 12.7. The maximum Gasteiger partial charge on any atom is 0.412 e. The second-order valence-electron chi connectivity index (χ2n) is 8.20. The monoisotopic (exact) mass is 567 g/mol. The van der Waals surface area contributed by atoms with E-state index in [1.165, 1.54) is 12.1 Å². The smallest absolute Gasteiger partial charge is 0.412 e. The molecule has 0 aliphatic carbocycles. The first-order valence-corrected chi connectivity index (χ1v) is 12.4. The van der Waals surface area contributed by atoms with Gasteiger partial charge in [0.2, 0.25) is 12.7 Å². The number of unbranched alkanes of at least 4 members (excludes halogenated alkanes) is 1. The van der Waals surface area contributed by atoms with Crippen LogP contribution in [0.5, 0.6) is 17.2 Å². The van der Waals surface area contributed by atoms with Gasteiger partial charge in [0.05, 0.1) is 11.4 Å². The summed E-state index contributed by atoms with van der Waals surface area (Å²) in [6, 6.07) is 17.0. The van der Waals surface area contributed by atoms with Gasteiger partial charge in [0.25, 0.3) is 0 Å². The van der Waals surface area contributed by atoms with E-state index in [4.69, 9.17) is 19.9 Å². The van der Waals surface area contributed by atoms with Crippen molar-refractivity contribution in [2.45, 2.75) is 25.4 Å². The van der Waals surface area contributed by atoms with Crippen molar-refractivity contribution in [1.29, 1.82) is 0 Å². The van der Waals surface area contributed by atoms with Gasteiger partial charge in [-0.15, -0.1) is 0 Å². The molecule has 0 unspecified atom stereocenters. The van der Waals surface area contributed by atoms with Crippen molar-refractivity contribution < 1.29 is 28.9 Å². The number of nitrogen functional groups attached to an aromatic ring is 1. The summed E-state index contributed by atoms with van der Waals surface area (Å²) in [6.07, 6.45) is 3.32. The Bertz CT molecular complexity index is 1310. The number of nitrogens with one attached hydrogen (secondary N) is 2. The molecule has 0 aromatic heterocycles. The van der Waals surface area contributed by atoms with E-state index in [9.17, 15) is 14.7 Å². The summed E-state index contributed by atoms with van der Waals surface area (Å²) in [5, 5.41) is 15.8. The number of fused-ring (bicyclic) bond motifs is 1. The normalized spacial score (nSPS) is 12.8. The Morgan fingerprint density at radius 2 is 1.89 bits per heavy atom. The SMILES string of the molecule is Nc1ccccc1NC(=O)/C=C/CCC[C@@H](OC(=O)Nc1ccc2c(c1)OCO2)c1cc(Br)ccc1O. The zero-order valence-corrected chi connectivity index (χ0v) is 21.4. The summed E-state index contributed by atoms with van der Waals surface area (Å²) in [4.78, 5) is 24.9. The van der Waals surface area contributed by atoms with Gasteiger partial charge in [0.1, 0.15) is 11.9 Å². The van der Waals surface area contributed by atoms with E-state index in [-0.39, 0.29) is 18.4 Å². The topological polar surface area (TPSA) is 132 Å². The Kier molecular flexibility index (Phi) is 8.52. The highest BCUT2D eigenvalue weighted by atomic mass is 79.9. The molecule has 1 aliphatic heterocycles. The van der Waals surface area contributed by atoms with E-state index >= 15 is 0 Å². The number of rotatable bonds is 9. The van der Waals surface area contributed by atoms with E-state index in [2.05, 4.69) is 26.6 Å². The number of hydrogen-bond acceptors (Lipinski definition) is 7. The van der Waals surface area contributed by atoms with Crippen LogP contribution in [-0.2, 0) is 9.53 Å². The van der Waals surface area contributed by atoms with E-state index in [0.717, 1.165) is 4.47 Å². The molecule has 37 heavy (non-hydrogen) atoms. The minimum atomic E-state index is -0.724. The number of carbonyl (C=O) groups excluding carboxylic acids is 2. The number of ether oxygens (including phenoxy) is 3. The Morgan fingerprint density at radius 3 is 2.73 bits per heavy atom. The van der Waals surface area contributed by atoms with Crippen LogP contribution in [0.1, 0.15) is 30.9 Å². The third kappa shape index (κ3) is 7.17. The molecule has 10 heteroatoms. The van der Waals surface area contributed by atoms with Crippen molar-refractivity contribution in [2.24, 2.45) is 0 Å². The van der Waals surface area contributed by atoms with Crippen LogP contribution >= 0.6 is 15.9 Å². The number of halogens is 1. The van der Waals surface area contributed by atoms with E-state index in [0.29, 0.717) is 53.4 Å². The third-order valence-electron chi connectivity index (χ3n) is 5.53. The molecule has 0 fully saturated rings. The predicted molar refractivity (Wildman–Crippen MR) is 144 cm³/mol. The minimum Gasteiger partial charge on any atom is -0.508 e.